The quantitative estimate of drug-likeness (QED) is 0.797. The van der Waals surface area contributed by atoms with Gasteiger partial charge in [0.15, 0.2) is 0 Å². The number of ether oxygens (including phenoxy) is 1. The van der Waals surface area contributed by atoms with Crippen LogP contribution >= 0.6 is 12.4 Å². The number of amides is 1. The van der Waals surface area contributed by atoms with Crippen molar-refractivity contribution in [2.24, 2.45) is 17.6 Å². The van der Waals surface area contributed by atoms with E-state index in [1.54, 1.807) is 0 Å². The van der Waals surface area contributed by atoms with E-state index in [1.165, 1.54) is 0 Å². The molecule has 1 amide bonds. The largest absolute Gasteiger partial charge is 0.493 e. The summed E-state index contributed by atoms with van der Waals surface area (Å²) in [7, 11) is 0. The van der Waals surface area contributed by atoms with E-state index >= 15 is 0 Å². The number of hydrogen-bond acceptors (Lipinski definition) is 3. The molecular weight excluding hydrogens is 336 g/mol. The van der Waals surface area contributed by atoms with Gasteiger partial charge >= 0.3 is 0 Å². The highest BCUT2D eigenvalue weighted by atomic mass is 35.5. The third kappa shape index (κ3) is 6.52. The van der Waals surface area contributed by atoms with E-state index in [2.05, 4.69) is 19.2 Å². The second-order valence-electron chi connectivity index (χ2n) is 7.97. The molecule has 5 heteroatoms. The van der Waals surface area contributed by atoms with E-state index in [0.29, 0.717) is 12.5 Å². The molecule has 1 aliphatic rings. The lowest BCUT2D eigenvalue weighted by atomic mass is 9.84. The molecule has 0 spiro atoms. The van der Waals surface area contributed by atoms with E-state index in [0.717, 1.165) is 37.0 Å². The van der Waals surface area contributed by atoms with E-state index in [1.807, 2.05) is 38.1 Å². The number of nitrogens with one attached hydrogen (secondary N) is 1. The molecule has 1 aromatic carbocycles. The van der Waals surface area contributed by atoms with Crippen molar-refractivity contribution in [2.75, 3.05) is 6.61 Å². The second kappa shape index (κ2) is 9.44. The van der Waals surface area contributed by atoms with Crippen LogP contribution in [0.3, 0.4) is 0 Å². The third-order valence-corrected chi connectivity index (χ3v) is 4.68. The predicted molar refractivity (Wildman–Crippen MR) is 105 cm³/mol. The van der Waals surface area contributed by atoms with E-state index in [9.17, 15) is 4.79 Å². The van der Waals surface area contributed by atoms with Crippen molar-refractivity contribution < 1.29 is 9.53 Å². The zero-order valence-corrected chi connectivity index (χ0v) is 16.7. The molecule has 0 radical (unpaired) electrons. The van der Waals surface area contributed by atoms with Crippen LogP contribution in [0.4, 0.5) is 0 Å². The van der Waals surface area contributed by atoms with E-state index in [4.69, 9.17) is 10.5 Å². The van der Waals surface area contributed by atoms with Crippen LogP contribution in [0, 0.1) is 11.8 Å². The molecule has 3 N–H and O–H groups in total. The van der Waals surface area contributed by atoms with Crippen molar-refractivity contribution in [1.82, 2.24) is 5.32 Å². The minimum atomic E-state index is -0.408. The van der Waals surface area contributed by atoms with Crippen LogP contribution in [0.25, 0.3) is 0 Å². The number of benzene rings is 1. The number of rotatable bonds is 6. The fraction of sp³-hybridized carbons (Fsp3) is 0.650. The summed E-state index contributed by atoms with van der Waals surface area (Å²) >= 11 is 0. The Morgan fingerprint density at radius 2 is 1.92 bits per heavy atom. The molecule has 1 fully saturated rings. The van der Waals surface area contributed by atoms with Gasteiger partial charge in [0, 0.05) is 12.0 Å². The van der Waals surface area contributed by atoms with Crippen LogP contribution in [0.2, 0.25) is 0 Å². The van der Waals surface area contributed by atoms with Crippen molar-refractivity contribution in [1.29, 1.82) is 0 Å². The number of nitrogens with two attached hydrogens (primary N) is 1. The molecule has 1 saturated carbocycles. The monoisotopic (exact) mass is 368 g/mol. The Morgan fingerprint density at radius 1 is 1.28 bits per heavy atom. The molecule has 4 nitrogen and oxygen atoms in total. The summed E-state index contributed by atoms with van der Waals surface area (Å²) in [6.45, 7) is 9.05. The lowest BCUT2D eigenvalue weighted by molar-refractivity contribution is -0.127. The molecule has 0 bridgehead atoms. The van der Waals surface area contributed by atoms with Crippen molar-refractivity contribution in [3.05, 3.63) is 29.8 Å². The minimum absolute atomic E-state index is 0. The standard InChI is InChI=1S/C20H32N2O2.ClH/c1-14(2)13-24-18-10-8-16(9-11-18)20(3,4)22-19(23)15-6-5-7-17(21)12-15;/h8-11,14-15,17H,5-7,12-13,21H2,1-4H3,(H,22,23);1H. The zero-order chi connectivity index (χ0) is 17.7. The summed E-state index contributed by atoms with van der Waals surface area (Å²) in [5.74, 6) is 1.53. The smallest absolute Gasteiger partial charge is 0.223 e. The molecule has 1 aromatic rings. The Hall–Kier alpha value is -1.26. The van der Waals surface area contributed by atoms with Crippen LogP contribution in [0.1, 0.15) is 58.9 Å². The summed E-state index contributed by atoms with van der Waals surface area (Å²) in [5.41, 5.74) is 6.68. The molecule has 1 aliphatic carbocycles. The van der Waals surface area contributed by atoms with Crippen LogP contribution in [0.5, 0.6) is 5.75 Å². The van der Waals surface area contributed by atoms with Crippen LogP contribution in [-0.2, 0) is 10.3 Å². The van der Waals surface area contributed by atoms with Gasteiger partial charge in [-0.2, -0.15) is 0 Å². The van der Waals surface area contributed by atoms with Gasteiger partial charge in [0.2, 0.25) is 5.91 Å². The van der Waals surface area contributed by atoms with E-state index in [-0.39, 0.29) is 30.3 Å². The summed E-state index contributed by atoms with van der Waals surface area (Å²) in [6.07, 6.45) is 3.81. The Kier molecular flexibility index (Phi) is 8.23. The minimum Gasteiger partial charge on any atom is -0.493 e. The maximum atomic E-state index is 12.6. The molecule has 0 aliphatic heterocycles. The van der Waals surface area contributed by atoms with Crippen LogP contribution in [0.15, 0.2) is 24.3 Å². The molecular formula is C20H33ClN2O2. The number of carbonyl (C=O) groups excluding carboxylic acids is 1. The molecule has 2 unspecified atom stereocenters. The Balaban J connectivity index is 0.00000312. The van der Waals surface area contributed by atoms with E-state index < -0.39 is 5.54 Å². The van der Waals surface area contributed by atoms with Gasteiger partial charge in [0.05, 0.1) is 12.1 Å². The van der Waals surface area contributed by atoms with Gasteiger partial charge in [0.1, 0.15) is 5.75 Å². The predicted octanol–water partition coefficient (Wildman–Crippen LogP) is 4.01. The highest BCUT2D eigenvalue weighted by Crippen LogP contribution is 2.27. The first-order valence-corrected chi connectivity index (χ1v) is 9.09. The Bertz CT molecular complexity index is 543. The third-order valence-electron chi connectivity index (χ3n) is 4.68. The van der Waals surface area contributed by atoms with Gasteiger partial charge in [-0.1, -0.05) is 32.4 Å². The summed E-state index contributed by atoms with van der Waals surface area (Å²) < 4.78 is 5.72. The number of hydrogen-bond donors (Lipinski definition) is 2. The Labute approximate surface area is 158 Å². The maximum absolute atomic E-state index is 12.6. The average molecular weight is 369 g/mol. The van der Waals surface area contributed by atoms with Crippen molar-refractivity contribution in [3.63, 3.8) is 0 Å². The zero-order valence-electron chi connectivity index (χ0n) is 15.9. The summed E-state index contributed by atoms with van der Waals surface area (Å²) in [5, 5.41) is 3.20. The van der Waals surface area contributed by atoms with Gasteiger partial charge in [-0.25, -0.2) is 0 Å². The molecule has 2 atom stereocenters. The lowest BCUT2D eigenvalue weighted by Gasteiger charge is -2.32. The first kappa shape index (κ1) is 21.8. The normalized spacial score (nSPS) is 20.7. The molecule has 0 aromatic heterocycles. The van der Waals surface area contributed by atoms with Gasteiger partial charge in [0.25, 0.3) is 0 Å². The molecule has 0 heterocycles. The van der Waals surface area contributed by atoms with Crippen molar-refractivity contribution >= 4 is 18.3 Å². The maximum Gasteiger partial charge on any atom is 0.223 e. The fourth-order valence-corrected chi connectivity index (χ4v) is 3.18. The van der Waals surface area contributed by atoms with Gasteiger partial charge in [-0.15, -0.1) is 12.4 Å². The topological polar surface area (TPSA) is 64.3 Å². The molecule has 0 saturated heterocycles. The highest BCUT2D eigenvalue weighted by molar-refractivity contribution is 5.85. The van der Waals surface area contributed by atoms with Gasteiger partial charge in [-0.3, -0.25) is 4.79 Å². The SMILES string of the molecule is CC(C)COc1ccc(C(C)(C)NC(=O)C2CCCC(N)C2)cc1.Cl. The van der Waals surface area contributed by atoms with Crippen molar-refractivity contribution in [2.45, 2.75) is 65.0 Å². The number of carbonyl (C=O) groups is 1. The molecule has 25 heavy (non-hydrogen) atoms. The number of halogens is 1. The second-order valence-corrected chi connectivity index (χ2v) is 7.97. The first-order valence-electron chi connectivity index (χ1n) is 9.09. The molecule has 142 valence electrons. The summed E-state index contributed by atoms with van der Waals surface area (Å²) in [4.78, 5) is 12.6. The summed E-state index contributed by atoms with van der Waals surface area (Å²) in [6, 6.07) is 8.17. The highest BCUT2D eigenvalue weighted by Gasteiger charge is 2.30. The average Bonchev–Trinajstić information content (AvgIpc) is 2.53. The Morgan fingerprint density at radius 3 is 2.48 bits per heavy atom. The first-order chi connectivity index (χ1) is 11.3. The van der Waals surface area contributed by atoms with Crippen LogP contribution in [-0.4, -0.2) is 18.6 Å². The van der Waals surface area contributed by atoms with Gasteiger partial charge in [-0.05, 0) is 56.7 Å². The lowest BCUT2D eigenvalue weighted by Crippen LogP contribution is -2.46. The molecule has 2 rings (SSSR count). The fourth-order valence-electron chi connectivity index (χ4n) is 3.18. The van der Waals surface area contributed by atoms with Crippen molar-refractivity contribution in [3.8, 4) is 5.75 Å². The van der Waals surface area contributed by atoms with Crippen LogP contribution < -0.4 is 15.8 Å². The van der Waals surface area contributed by atoms with Gasteiger partial charge < -0.3 is 15.8 Å².